The number of carboxylic acid groups (broad SMARTS) is 1. The number of amides is 1. The first-order chi connectivity index (χ1) is 13.9. The van der Waals surface area contributed by atoms with Crippen LogP contribution in [0.5, 0.6) is 11.5 Å². The molecular formula is C19H26ClN3O6. The minimum atomic E-state index is -0.817. The Hall–Kier alpha value is -2.23. The monoisotopic (exact) mass is 427 g/mol. The fraction of sp³-hybridized carbons (Fsp3) is 0.579. The van der Waals surface area contributed by atoms with Crippen molar-refractivity contribution in [3.63, 3.8) is 0 Å². The van der Waals surface area contributed by atoms with Crippen molar-refractivity contribution in [2.45, 2.75) is 25.4 Å². The molecule has 0 spiro atoms. The Bertz CT molecular complexity index is 775. The van der Waals surface area contributed by atoms with Gasteiger partial charge in [-0.05, 0) is 32.0 Å². The summed E-state index contributed by atoms with van der Waals surface area (Å²) < 4.78 is 11.1. The van der Waals surface area contributed by atoms with Crippen molar-refractivity contribution >= 4 is 29.2 Å². The van der Waals surface area contributed by atoms with Gasteiger partial charge in [0.1, 0.15) is 18.2 Å². The van der Waals surface area contributed by atoms with Crippen LogP contribution in [0.25, 0.3) is 0 Å². The Morgan fingerprint density at radius 1 is 1.31 bits per heavy atom. The van der Waals surface area contributed by atoms with Gasteiger partial charge in [-0.3, -0.25) is 9.59 Å². The molecule has 0 bridgehead atoms. The molecule has 10 heteroatoms. The largest absolute Gasteiger partial charge is 0.485 e. The zero-order chi connectivity index (χ0) is 21.0. The lowest BCUT2D eigenvalue weighted by atomic mass is 9.93. The van der Waals surface area contributed by atoms with E-state index in [2.05, 4.69) is 5.32 Å². The molecular weight excluding hydrogens is 402 g/mol. The van der Waals surface area contributed by atoms with Gasteiger partial charge in [0.2, 0.25) is 0 Å². The number of carboxylic acids is 1. The van der Waals surface area contributed by atoms with E-state index in [0.717, 1.165) is 6.54 Å². The molecule has 9 nitrogen and oxygen atoms in total. The highest BCUT2D eigenvalue weighted by Crippen LogP contribution is 2.43. The van der Waals surface area contributed by atoms with Gasteiger partial charge in [-0.25, -0.2) is 0 Å². The third-order valence-electron chi connectivity index (χ3n) is 5.22. The van der Waals surface area contributed by atoms with Crippen LogP contribution in [0.15, 0.2) is 6.07 Å². The van der Waals surface area contributed by atoms with Crippen molar-refractivity contribution < 1.29 is 29.3 Å². The van der Waals surface area contributed by atoms with Crippen LogP contribution >= 0.6 is 11.6 Å². The molecule has 2 aliphatic rings. The van der Waals surface area contributed by atoms with Crippen LogP contribution in [0, 0.1) is 5.92 Å². The summed E-state index contributed by atoms with van der Waals surface area (Å²) in [5.74, 6) is -0.722. The van der Waals surface area contributed by atoms with E-state index in [-0.39, 0.29) is 46.0 Å². The van der Waals surface area contributed by atoms with E-state index in [1.807, 2.05) is 4.90 Å². The Morgan fingerprint density at radius 3 is 2.72 bits per heavy atom. The minimum Gasteiger partial charge on any atom is -0.485 e. The summed E-state index contributed by atoms with van der Waals surface area (Å²) in [7, 11) is 0. The smallest absolute Gasteiger partial charge is 0.303 e. The molecule has 1 amide bonds. The molecule has 3 rings (SSSR count). The van der Waals surface area contributed by atoms with Crippen LogP contribution in [0.2, 0.25) is 5.02 Å². The second-order valence-corrected chi connectivity index (χ2v) is 7.68. The van der Waals surface area contributed by atoms with Gasteiger partial charge < -0.3 is 35.6 Å². The van der Waals surface area contributed by atoms with Crippen LogP contribution in [0.3, 0.4) is 0 Å². The molecule has 0 aliphatic carbocycles. The SMILES string of the molecule is Nc1cc(C(=O)NC[C@@H]2CCN(CCCC(=O)O)C[C@H]2O)c2c(c1Cl)OCCO2. The van der Waals surface area contributed by atoms with Crippen LogP contribution in [-0.2, 0) is 4.79 Å². The summed E-state index contributed by atoms with van der Waals surface area (Å²) in [6, 6.07) is 1.46. The number of aliphatic hydroxyl groups is 1. The van der Waals surface area contributed by atoms with Gasteiger partial charge in [-0.2, -0.15) is 0 Å². The molecule has 2 atom stereocenters. The normalized spacial score (nSPS) is 21.6. The molecule has 0 saturated carbocycles. The minimum absolute atomic E-state index is 0.0904. The van der Waals surface area contributed by atoms with Crippen molar-refractivity contribution in [2.24, 2.45) is 5.92 Å². The molecule has 29 heavy (non-hydrogen) atoms. The lowest BCUT2D eigenvalue weighted by Gasteiger charge is -2.36. The number of halogens is 1. The number of anilines is 1. The number of fused-ring (bicyclic) bond motifs is 1. The summed E-state index contributed by atoms with van der Waals surface area (Å²) in [5, 5.41) is 22.2. The number of aliphatic carboxylic acids is 1. The van der Waals surface area contributed by atoms with Crippen LogP contribution in [0.4, 0.5) is 5.69 Å². The number of carbonyl (C=O) groups excluding carboxylic acids is 1. The van der Waals surface area contributed by atoms with E-state index in [1.54, 1.807) is 0 Å². The molecule has 0 aromatic heterocycles. The van der Waals surface area contributed by atoms with Gasteiger partial charge in [-0.1, -0.05) is 11.6 Å². The summed E-state index contributed by atoms with van der Waals surface area (Å²) in [6.45, 7) is 2.79. The molecule has 1 saturated heterocycles. The molecule has 5 N–H and O–H groups in total. The maximum absolute atomic E-state index is 12.7. The maximum Gasteiger partial charge on any atom is 0.303 e. The summed E-state index contributed by atoms with van der Waals surface area (Å²) in [6.07, 6.45) is 0.772. The number of nitrogens with two attached hydrogens (primary N) is 1. The first-order valence-corrected chi connectivity index (χ1v) is 10.0. The fourth-order valence-corrected chi connectivity index (χ4v) is 3.82. The van der Waals surface area contributed by atoms with E-state index < -0.39 is 12.1 Å². The molecule has 0 radical (unpaired) electrons. The molecule has 1 fully saturated rings. The standard InChI is InChI=1S/C19H26ClN3O6/c20-16-13(21)8-12(17-18(16)29-7-6-28-17)19(27)22-9-11-3-5-23(10-14(11)24)4-1-2-15(25)26/h8,11,14,24H,1-7,9-10,21H2,(H,22,27)(H,25,26)/t11-,14+/m0/s1. The first-order valence-electron chi connectivity index (χ1n) is 9.64. The third kappa shape index (κ3) is 5.23. The number of likely N-dealkylation sites (tertiary alicyclic amines) is 1. The zero-order valence-corrected chi connectivity index (χ0v) is 16.8. The van der Waals surface area contributed by atoms with Gasteiger partial charge in [0, 0.05) is 25.4 Å². The predicted octanol–water partition coefficient (Wildman–Crippen LogP) is 0.971. The Balaban J connectivity index is 1.55. The summed E-state index contributed by atoms with van der Waals surface area (Å²) >= 11 is 6.14. The number of nitrogen functional groups attached to an aromatic ring is 1. The van der Waals surface area contributed by atoms with Crippen molar-refractivity contribution in [1.82, 2.24) is 10.2 Å². The summed E-state index contributed by atoms with van der Waals surface area (Å²) in [5.41, 5.74) is 6.37. The van der Waals surface area contributed by atoms with E-state index in [0.29, 0.717) is 45.7 Å². The number of carbonyl (C=O) groups is 2. The van der Waals surface area contributed by atoms with Gasteiger partial charge in [-0.15, -0.1) is 0 Å². The number of rotatable bonds is 7. The average Bonchev–Trinajstić information content (AvgIpc) is 2.69. The van der Waals surface area contributed by atoms with E-state index in [4.69, 9.17) is 31.9 Å². The fourth-order valence-electron chi connectivity index (χ4n) is 3.63. The second kappa shape index (κ2) is 9.51. The number of piperidine rings is 1. The zero-order valence-electron chi connectivity index (χ0n) is 16.0. The van der Waals surface area contributed by atoms with Crippen molar-refractivity contribution in [1.29, 1.82) is 0 Å². The average molecular weight is 428 g/mol. The number of nitrogens with zero attached hydrogens (tertiary/aromatic N) is 1. The molecule has 0 unspecified atom stereocenters. The molecule has 1 aromatic rings. The van der Waals surface area contributed by atoms with Gasteiger partial charge in [0.15, 0.2) is 11.5 Å². The Labute approximate surface area is 173 Å². The number of benzene rings is 1. The quantitative estimate of drug-likeness (QED) is 0.473. The first kappa shape index (κ1) is 21.5. The summed E-state index contributed by atoms with van der Waals surface area (Å²) in [4.78, 5) is 25.4. The van der Waals surface area contributed by atoms with Crippen LogP contribution < -0.4 is 20.5 Å². The number of aliphatic hydroxyl groups excluding tert-OH is 1. The van der Waals surface area contributed by atoms with E-state index in [9.17, 15) is 14.7 Å². The van der Waals surface area contributed by atoms with Gasteiger partial charge >= 0.3 is 5.97 Å². The second-order valence-electron chi connectivity index (χ2n) is 7.31. The van der Waals surface area contributed by atoms with Crippen molar-refractivity contribution in [3.05, 3.63) is 16.7 Å². The lowest BCUT2D eigenvalue weighted by molar-refractivity contribution is -0.137. The van der Waals surface area contributed by atoms with E-state index >= 15 is 0 Å². The predicted molar refractivity (Wildman–Crippen MR) is 107 cm³/mol. The highest BCUT2D eigenvalue weighted by Gasteiger charge is 2.29. The highest BCUT2D eigenvalue weighted by molar-refractivity contribution is 6.35. The molecule has 2 aliphatic heterocycles. The van der Waals surface area contributed by atoms with E-state index in [1.165, 1.54) is 6.07 Å². The van der Waals surface area contributed by atoms with Crippen LogP contribution in [-0.4, -0.2) is 72.5 Å². The van der Waals surface area contributed by atoms with Crippen molar-refractivity contribution in [2.75, 3.05) is 45.1 Å². The van der Waals surface area contributed by atoms with Gasteiger partial charge in [0.05, 0.1) is 17.4 Å². The highest BCUT2D eigenvalue weighted by atomic mass is 35.5. The van der Waals surface area contributed by atoms with Crippen LogP contribution in [0.1, 0.15) is 29.6 Å². The van der Waals surface area contributed by atoms with Gasteiger partial charge in [0.25, 0.3) is 5.91 Å². The maximum atomic E-state index is 12.7. The molecule has 2 heterocycles. The lowest BCUT2D eigenvalue weighted by Crippen LogP contribution is -2.47. The number of hydrogen-bond acceptors (Lipinski definition) is 7. The number of β-amino-alcohol motifs (C(OH)–C–C–N with tert-alkyl or cyclic N) is 1. The third-order valence-corrected chi connectivity index (χ3v) is 5.61. The Morgan fingerprint density at radius 2 is 2.03 bits per heavy atom. The van der Waals surface area contributed by atoms with Crippen molar-refractivity contribution in [3.8, 4) is 11.5 Å². The topological polar surface area (TPSA) is 134 Å². The molecule has 1 aromatic carbocycles. The Kier molecular flexibility index (Phi) is 7.05. The molecule has 160 valence electrons. The number of ether oxygens (including phenoxy) is 2. The number of nitrogens with one attached hydrogen (secondary N) is 1. The number of hydrogen-bond donors (Lipinski definition) is 4.